The first kappa shape index (κ1) is 19.6. The molecule has 0 aliphatic rings. The Morgan fingerprint density at radius 1 is 1.35 bits per heavy atom. The summed E-state index contributed by atoms with van der Waals surface area (Å²) < 4.78 is 31.7. The molecule has 0 bridgehead atoms. The van der Waals surface area contributed by atoms with E-state index in [1.54, 1.807) is 0 Å². The number of para-hydroxylation sites is 1. The van der Waals surface area contributed by atoms with E-state index in [1.807, 2.05) is 0 Å². The van der Waals surface area contributed by atoms with Crippen LogP contribution in [0, 0.1) is 11.6 Å². The van der Waals surface area contributed by atoms with Gasteiger partial charge in [0.05, 0.1) is 24.5 Å². The van der Waals surface area contributed by atoms with Crippen LogP contribution in [0.1, 0.15) is 12.6 Å². The number of halogens is 2. The molecule has 0 aliphatic carbocycles. The Kier molecular flexibility index (Phi) is 6.45. The quantitative estimate of drug-likeness (QED) is 0.449. The highest BCUT2D eigenvalue weighted by Gasteiger charge is 2.20. The lowest BCUT2D eigenvalue weighted by Crippen LogP contribution is -2.24. The van der Waals surface area contributed by atoms with Crippen molar-refractivity contribution in [3.63, 3.8) is 0 Å². The Morgan fingerprint density at radius 2 is 2.00 bits per heavy atom. The molecule has 1 heterocycles. The van der Waals surface area contributed by atoms with Gasteiger partial charge in [-0.2, -0.15) is 0 Å². The number of ether oxygens (including phenoxy) is 1. The minimum Gasteiger partial charge on any atom is -0.469 e. The number of carbonyl (C=O) groups excluding carboxylic acids is 2. The number of aromatic amines is 1. The van der Waals surface area contributed by atoms with Crippen LogP contribution in [0.25, 0.3) is 0 Å². The summed E-state index contributed by atoms with van der Waals surface area (Å²) in [5, 5.41) is 1.43. The van der Waals surface area contributed by atoms with E-state index < -0.39 is 40.0 Å². The minimum atomic E-state index is -0.901. The molecule has 10 heteroatoms. The first-order valence-electron chi connectivity index (χ1n) is 7.38. The Balaban J connectivity index is 2.11. The second kappa shape index (κ2) is 8.56. The third kappa shape index (κ3) is 5.12. The summed E-state index contributed by atoms with van der Waals surface area (Å²) in [6.07, 6.45) is -0.199. The van der Waals surface area contributed by atoms with Crippen LogP contribution in [0.2, 0.25) is 0 Å². The number of aromatic nitrogens is 2. The molecule has 2 aromatic rings. The van der Waals surface area contributed by atoms with E-state index in [-0.39, 0.29) is 17.3 Å². The van der Waals surface area contributed by atoms with Gasteiger partial charge in [-0.1, -0.05) is 17.8 Å². The van der Waals surface area contributed by atoms with Crippen molar-refractivity contribution in [2.24, 2.45) is 0 Å². The number of nitrogens with one attached hydrogen (secondary N) is 2. The van der Waals surface area contributed by atoms with E-state index in [0.717, 1.165) is 30.0 Å². The van der Waals surface area contributed by atoms with Crippen LogP contribution in [-0.2, 0) is 20.7 Å². The third-order valence-corrected chi connectivity index (χ3v) is 4.18. The fourth-order valence-electron chi connectivity index (χ4n) is 1.91. The van der Waals surface area contributed by atoms with E-state index in [4.69, 9.17) is 0 Å². The normalized spacial score (nSPS) is 11.7. The van der Waals surface area contributed by atoms with Crippen LogP contribution in [0.15, 0.2) is 34.2 Å². The molecule has 1 aromatic carbocycles. The maximum atomic E-state index is 13.6. The monoisotopic (exact) mass is 383 g/mol. The summed E-state index contributed by atoms with van der Waals surface area (Å²) in [7, 11) is 1.21. The zero-order valence-corrected chi connectivity index (χ0v) is 14.7. The number of anilines is 1. The number of benzene rings is 1. The summed E-state index contributed by atoms with van der Waals surface area (Å²) in [5.74, 6) is -3.05. The molecule has 0 fully saturated rings. The lowest BCUT2D eigenvalue weighted by atomic mass is 10.3. The predicted molar refractivity (Wildman–Crippen MR) is 90.9 cm³/mol. The van der Waals surface area contributed by atoms with Crippen LogP contribution in [0.5, 0.6) is 0 Å². The lowest BCUT2D eigenvalue weighted by Gasteiger charge is -2.12. The predicted octanol–water partition coefficient (Wildman–Crippen LogP) is 1.88. The second-order valence-corrected chi connectivity index (χ2v) is 6.47. The Bertz CT molecular complexity index is 868. The van der Waals surface area contributed by atoms with Crippen molar-refractivity contribution < 1.29 is 23.1 Å². The van der Waals surface area contributed by atoms with Gasteiger partial charge in [0.1, 0.15) is 17.3 Å². The van der Waals surface area contributed by atoms with Crippen molar-refractivity contribution >= 4 is 29.3 Å². The highest BCUT2D eigenvalue weighted by molar-refractivity contribution is 8.00. The molecule has 0 spiro atoms. The maximum Gasteiger partial charge on any atom is 0.311 e. The van der Waals surface area contributed by atoms with Crippen LogP contribution in [0.4, 0.5) is 14.5 Å². The molecule has 1 aromatic heterocycles. The zero-order valence-electron chi connectivity index (χ0n) is 13.8. The first-order chi connectivity index (χ1) is 12.3. The fourth-order valence-corrected chi connectivity index (χ4v) is 2.74. The van der Waals surface area contributed by atoms with Crippen molar-refractivity contribution in [1.82, 2.24) is 9.97 Å². The lowest BCUT2D eigenvalue weighted by molar-refractivity contribution is -0.139. The summed E-state index contributed by atoms with van der Waals surface area (Å²) >= 11 is 0.870. The summed E-state index contributed by atoms with van der Waals surface area (Å²) in [6, 6.07) is 4.36. The number of hydrogen-bond donors (Lipinski definition) is 2. The summed E-state index contributed by atoms with van der Waals surface area (Å²) in [5.41, 5.74) is -0.879. The molecule has 0 aliphatic heterocycles. The van der Waals surface area contributed by atoms with Crippen LogP contribution < -0.4 is 10.9 Å². The van der Waals surface area contributed by atoms with Gasteiger partial charge in [-0.3, -0.25) is 14.4 Å². The van der Waals surface area contributed by atoms with E-state index in [0.29, 0.717) is 0 Å². The second-order valence-electron chi connectivity index (χ2n) is 5.14. The van der Waals surface area contributed by atoms with E-state index in [9.17, 15) is 23.2 Å². The van der Waals surface area contributed by atoms with E-state index in [2.05, 4.69) is 20.0 Å². The van der Waals surface area contributed by atoms with Gasteiger partial charge in [-0.15, -0.1) is 0 Å². The van der Waals surface area contributed by atoms with Crippen LogP contribution in [0.3, 0.4) is 0 Å². The molecule has 7 nitrogen and oxygen atoms in total. The van der Waals surface area contributed by atoms with Crippen molar-refractivity contribution in [3.8, 4) is 0 Å². The number of carbonyl (C=O) groups is 2. The number of thioether (sulfide) groups is 1. The molecule has 1 atom stereocenters. The van der Waals surface area contributed by atoms with Gasteiger partial charge in [0.15, 0.2) is 5.16 Å². The smallest absolute Gasteiger partial charge is 0.311 e. The molecule has 2 rings (SSSR count). The topological polar surface area (TPSA) is 101 Å². The molecular weight excluding hydrogens is 368 g/mol. The summed E-state index contributed by atoms with van der Waals surface area (Å²) in [6.45, 7) is 1.48. The van der Waals surface area contributed by atoms with Crippen LogP contribution in [-0.4, -0.2) is 34.2 Å². The molecule has 2 N–H and O–H groups in total. The van der Waals surface area contributed by atoms with Gasteiger partial charge in [-0.05, 0) is 19.1 Å². The van der Waals surface area contributed by atoms with Gasteiger partial charge >= 0.3 is 5.97 Å². The number of amides is 1. The van der Waals surface area contributed by atoms with Crippen molar-refractivity contribution in [3.05, 3.63) is 51.9 Å². The number of methoxy groups -OCH3 is 1. The minimum absolute atomic E-state index is 0.0908. The van der Waals surface area contributed by atoms with Crippen molar-refractivity contribution in [2.75, 3.05) is 12.4 Å². The molecule has 1 amide bonds. The van der Waals surface area contributed by atoms with E-state index >= 15 is 0 Å². The number of H-pyrrole nitrogens is 1. The fraction of sp³-hybridized carbons (Fsp3) is 0.250. The number of esters is 1. The molecule has 0 unspecified atom stereocenters. The zero-order chi connectivity index (χ0) is 19.3. The van der Waals surface area contributed by atoms with Gasteiger partial charge in [0.2, 0.25) is 5.91 Å². The summed E-state index contributed by atoms with van der Waals surface area (Å²) in [4.78, 5) is 41.6. The molecule has 0 saturated heterocycles. The molecule has 138 valence electrons. The van der Waals surface area contributed by atoms with Crippen LogP contribution >= 0.6 is 11.8 Å². The van der Waals surface area contributed by atoms with Gasteiger partial charge in [0, 0.05) is 6.07 Å². The van der Waals surface area contributed by atoms with Crippen molar-refractivity contribution in [1.29, 1.82) is 0 Å². The Hall–Kier alpha value is -2.75. The first-order valence-corrected chi connectivity index (χ1v) is 8.26. The molecular formula is C16H15F2N3O4S. The molecule has 26 heavy (non-hydrogen) atoms. The van der Waals surface area contributed by atoms with Crippen molar-refractivity contribution in [2.45, 2.75) is 23.8 Å². The molecule has 0 saturated carbocycles. The average molecular weight is 383 g/mol. The Labute approximate surface area is 151 Å². The highest BCUT2D eigenvalue weighted by Crippen LogP contribution is 2.23. The standard InChI is InChI=1S/C16H15F2N3O4S/c1-8(15(24)21-14-10(17)4-3-5-11(14)18)26-16-19-9(6-12(22)20-16)7-13(23)25-2/h3-6,8H,7H2,1-2H3,(H,21,24)(H,19,20,22)/t8-/m0/s1. The van der Waals surface area contributed by atoms with E-state index in [1.165, 1.54) is 20.1 Å². The molecule has 0 radical (unpaired) electrons. The number of nitrogens with zero attached hydrogens (tertiary/aromatic N) is 1. The number of rotatable bonds is 6. The highest BCUT2D eigenvalue weighted by atomic mass is 32.2. The SMILES string of the molecule is COC(=O)Cc1cc(=O)[nH]c(S[C@@H](C)C(=O)Nc2c(F)cccc2F)n1. The largest absolute Gasteiger partial charge is 0.469 e. The Morgan fingerprint density at radius 3 is 2.62 bits per heavy atom. The number of hydrogen-bond acceptors (Lipinski definition) is 6. The average Bonchev–Trinajstić information content (AvgIpc) is 2.57. The maximum absolute atomic E-state index is 13.6. The van der Waals surface area contributed by atoms with Gasteiger partial charge < -0.3 is 15.0 Å². The third-order valence-electron chi connectivity index (χ3n) is 3.19. The van der Waals surface area contributed by atoms with Gasteiger partial charge in [-0.25, -0.2) is 13.8 Å². The van der Waals surface area contributed by atoms with Gasteiger partial charge in [0.25, 0.3) is 5.56 Å².